The van der Waals surface area contributed by atoms with Crippen molar-refractivity contribution in [1.82, 2.24) is 19.4 Å². The van der Waals surface area contributed by atoms with Crippen molar-refractivity contribution in [2.45, 2.75) is 52.1 Å². The smallest absolute Gasteiger partial charge is 0.336 e. The van der Waals surface area contributed by atoms with Gasteiger partial charge in [0.15, 0.2) is 0 Å². The summed E-state index contributed by atoms with van der Waals surface area (Å²) in [6, 6.07) is 14.3. The van der Waals surface area contributed by atoms with Crippen LogP contribution >= 0.6 is 11.6 Å². The van der Waals surface area contributed by atoms with Crippen molar-refractivity contribution in [3.05, 3.63) is 92.6 Å². The number of carboxylic acid groups (broad SMARTS) is 1. The second kappa shape index (κ2) is 10.5. The Morgan fingerprint density at radius 1 is 1.03 bits per heavy atom. The first-order valence-corrected chi connectivity index (χ1v) is 13.1. The summed E-state index contributed by atoms with van der Waals surface area (Å²) in [6.45, 7) is 4.09. The molecule has 1 aliphatic rings. The van der Waals surface area contributed by atoms with E-state index in [1.165, 1.54) is 6.20 Å². The van der Waals surface area contributed by atoms with E-state index in [1.807, 2.05) is 24.3 Å². The zero-order chi connectivity index (χ0) is 27.0. The van der Waals surface area contributed by atoms with Crippen molar-refractivity contribution < 1.29 is 14.7 Å². The van der Waals surface area contributed by atoms with Crippen molar-refractivity contribution in [2.24, 2.45) is 5.92 Å². The molecule has 0 radical (unpaired) electrons. The highest BCUT2D eigenvalue weighted by Crippen LogP contribution is 2.28. The van der Waals surface area contributed by atoms with Crippen LogP contribution in [0.15, 0.2) is 59.5 Å². The van der Waals surface area contributed by atoms with E-state index in [0.717, 1.165) is 36.7 Å². The number of para-hydroxylation sites is 2. The number of hydrogen-bond donors (Lipinski definition) is 2. The van der Waals surface area contributed by atoms with Gasteiger partial charge in [0.2, 0.25) is 0 Å². The molecule has 9 heteroatoms. The Morgan fingerprint density at radius 2 is 1.74 bits per heavy atom. The molecule has 0 bridgehead atoms. The minimum Gasteiger partial charge on any atom is -0.478 e. The number of carbonyl (C=O) groups is 2. The fourth-order valence-electron chi connectivity index (χ4n) is 5.36. The molecular formula is C29H29ClN4O4. The van der Waals surface area contributed by atoms with Crippen LogP contribution in [0.2, 0.25) is 5.02 Å². The SMILES string of the molecule is Cc1ccc(-n2c(=O)n(C[C@H]3CC[C@H](NC(=O)c4cc(Cl)cnc4C)CC3)c3ccccc32)cc1C(=O)O. The number of pyridine rings is 1. The van der Waals surface area contributed by atoms with Gasteiger partial charge in [-0.2, -0.15) is 0 Å². The molecule has 196 valence electrons. The Morgan fingerprint density at radius 3 is 2.45 bits per heavy atom. The predicted octanol–water partition coefficient (Wildman–Crippen LogP) is 5.14. The van der Waals surface area contributed by atoms with Gasteiger partial charge in [-0.15, -0.1) is 0 Å². The van der Waals surface area contributed by atoms with Crippen molar-refractivity contribution >= 4 is 34.5 Å². The quantitative estimate of drug-likeness (QED) is 0.357. The first-order chi connectivity index (χ1) is 18.2. The maximum atomic E-state index is 13.7. The number of aromatic nitrogens is 3. The van der Waals surface area contributed by atoms with E-state index in [9.17, 15) is 19.5 Å². The maximum Gasteiger partial charge on any atom is 0.336 e. The predicted molar refractivity (Wildman–Crippen MR) is 146 cm³/mol. The van der Waals surface area contributed by atoms with Crippen LogP contribution in [0, 0.1) is 19.8 Å². The largest absolute Gasteiger partial charge is 0.478 e. The standard InChI is InChI=1S/C29H29ClN4O4/c1-17-7-12-22(14-23(17)28(36)37)34-26-6-4-3-5-25(26)33(29(34)38)16-19-8-10-21(11-9-19)32-27(35)24-13-20(30)15-31-18(24)2/h3-7,12-15,19,21H,8-11,16H2,1-2H3,(H,32,35)(H,36,37)/t19-,21-. The van der Waals surface area contributed by atoms with Crippen LogP contribution in [-0.4, -0.2) is 37.1 Å². The van der Waals surface area contributed by atoms with E-state index in [-0.39, 0.29) is 29.1 Å². The van der Waals surface area contributed by atoms with Gasteiger partial charge in [0, 0.05) is 18.8 Å². The molecule has 0 atom stereocenters. The highest BCUT2D eigenvalue weighted by Gasteiger charge is 2.26. The van der Waals surface area contributed by atoms with E-state index in [0.29, 0.717) is 34.1 Å². The number of benzene rings is 2. The van der Waals surface area contributed by atoms with Gasteiger partial charge in [0.05, 0.1) is 38.6 Å². The van der Waals surface area contributed by atoms with Crippen molar-refractivity contribution in [3.63, 3.8) is 0 Å². The minimum absolute atomic E-state index is 0.0530. The third-order valence-corrected chi connectivity index (χ3v) is 7.67. The van der Waals surface area contributed by atoms with Crippen molar-refractivity contribution in [3.8, 4) is 5.69 Å². The van der Waals surface area contributed by atoms with Gasteiger partial charge in [-0.25, -0.2) is 9.59 Å². The molecule has 1 fully saturated rings. The number of aromatic carboxylic acids is 1. The van der Waals surface area contributed by atoms with Gasteiger partial charge in [0.1, 0.15) is 0 Å². The highest BCUT2D eigenvalue weighted by atomic mass is 35.5. The molecule has 2 N–H and O–H groups in total. The fraction of sp³-hybridized carbons (Fsp3) is 0.310. The number of carboxylic acids is 1. The molecule has 1 aliphatic carbocycles. The fourth-order valence-corrected chi connectivity index (χ4v) is 5.52. The van der Waals surface area contributed by atoms with Crippen LogP contribution in [0.3, 0.4) is 0 Å². The lowest BCUT2D eigenvalue weighted by atomic mass is 9.85. The monoisotopic (exact) mass is 532 g/mol. The Balaban J connectivity index is 1.34. The number of nitrogens with zero attached hydrogens (tertiary/aromatic N) is 3. The number of rotatable bonds is 6. The Labute approximate surface area is 224 Å². The van der Waals surface area contributed by atoms with Gasteiger partial charge >= 0.3 is 11.7 Å². The summed E-state index contributed by atoms with van der Waals surface area (Å²) in [4.78, 5) is 42.3. The summed E-state index contributed by atoms with van der Waals surface area (Å²) in [5, 5.41) is 13.1. The lowest BCUT2D eigenvalue weighted by Gasteiger charge is -2.29. The first-order valence-electron chi connectivity index (χ1n) is 12.7. The molecule has 38 heavy (non-hydrogen) atoms. The van der Waals surface area contributed by atoms with Crippen LogP contribution in [-0.2, 0) is 6.54 Å². The second-order valence-corrected chi connectivity index (χ2v) is 10.4. The third-order valence-electron chi connectivity index (χ3n) is 7.47. The molecule has 5 rings (SSSR count). The molecule has 1 saturated carbocycles. The van der Waals surface area contributed by atoms with Crippen LogP contribution in [0.4, 0.5) is 0 Å². The molecule has 2 aromatic heterocycles. The summed E-state index contributed by atoms with van der Waals surface area (Å²) in [5.74, 6) is -0.909. The van der Waals surface area contributed by atoms with E-state index < -0.39 is 5.97 Å². The van der Waals surface area contributed by atoms with Crippen molar-refractivity contribution in [2.75, 3.05) is 0 Å². The van der Waals surface area contributed by atoms with Crippen LogP contribution in [0.1, 0.15) is 57.7 Å². The topological polar surface area (TPSA) is 106 Å². The number of amides is 1. The maximum absolute atomic E-state index is 13.7. The normalized spacial score (nSPS) is 17.4. The average molecular weight is 533 g/mol. The molecule has 8 nitrogen and oxygen atoms in total. The lowest BCUT2D eigenvalue weighted by Crippen LogP contribution is -2.39. The number of halogens is 1. The zero-order valence-electron chi connectivity index (χ0n) is 21.3. The van der Waals surface area contributed by atoms with Gasteiger partial charge < -0.3 is 10.4 Å². The Hall–Kier alpha value is -3.91. The second-order valence-electron chi connectivity index (χ2n) is 10.00. The molecular weight excluding hydrogens is 504 g/mol. The Kier molecular flexibility index (Phi) is 7.08. The van der Waals surface area contributed by atoms with Crippen LogP contribution in [0.25, 0.3) is 16.7 Å². The van der Waals surface area contributed by atoms with Gasteiger partial charge in [-0.05, 0) is 81.3 Å². The molecule has 0 spiro atoms. The summed E-state index contributed by atoms with van der Waals surface area (Å²) in [6.07, 6.45) is 4.91. The van der Waals surface area contributed by atoms with Crippen molar-refractivity contribution in [1.29, 1.82) is 0 Å². The molecule has 1 amide bonds. The zero-order valence-corrected chi connectivity index (χ0v) is 22.0. The number of imidazole rings is 1. The van der Waals surface area contributed by atoms with E-state index in [4.69, 9.17) is 11.6 Å². The molecule has 0 aliphatic heterocycles. The summed E-state index contributed by atoms with van der Waals surface area (Å²) >= 11 is 6.03. The lowest BCUT2D eigenvalue weighted by molar-refractivity contribution is 0.0695. The minimum atomic E-state index is -1.02. The van der Waals surface area contributed by atoms with E-state index in [1.54, 1.807) is 47.2 Å². The molecule has 4 aromatic rings. The number of carbonyl (C=O) groups excluding carboxylic acids is 1. The average Bonchev–Trinajstić information content (AvgIpc) is 3.17. The number of nitrogens with one attached hydrogen (secondary N) is 1. The first kappa shape index (κ1) is 25.7. The molecule has 2 aromatic carbocycles. The number of hydrogen-bond acceptors (Lipinski definition) is 4. The van der Waals surface area contributed by atoms with Crippen LogP contribution in [0.5, 0.6) is 0 Å². The summed E-state index contributed by atoms with van der Waals surface area (Å²) < 4.78 is 3.38. The molecule has 0 unspecified atom stereocenters. The van der Waals surface area contributed by atoms with Crippen LogP contribution < -0.4 is 11.0 Å². The molecule has 0 saturated heterocycles. The highest BCUT2D eigenvalue weighted by molar-refractivity contribution is 6.30. The summed E-state index contributed by atoms with van der Waals surface area (Å²) in [5.41, 5.74) is 3.84. The number of fused-ring (bicyclic) bond motifs is 1. The molecule has 2 heterocycles. The van der Waals surface area contributed by atoms with E-state index in [2.05, 4.69) is 10.3 Å². The number of aryl methyl sites for hydroxylation is 2. The summed E-state index contributed by atoms with van der Waals surface area (Å²) in [7, 11) is 0. The van der Waals surface area contributed by atoms with Gasteiger partial charge in [-0.1, -0.05) is 29.8 Å². The third kappa shape index (κ3) is 4.96. The van der Waals surface area contributed by atoms with Gasteiger partial charge in [0.25, 0.3) is 5.91 Å². The Bertz CT molecular complexity index is 1600. The van der Waals surface area contributed by atoms with E-state index >= 15 is 0 Å². The van der Waals surface area contributed by atoms with Gasteiger partial charge in [-0.3, -0.25) is 18.9 Å².